The van der Waals surface area contributed by atoms with Gasteiger partial charge >= 0.3 is 0 Å². The molecule has 4 nitrogen and oxygen atoms in total. The van der Waals surface area contributed by atoms with Crippen molar-refractivity contribution < 1.29 is 9.53 Å². The van der Waals surface area contributed by atoms with E-state index in [2.05, 4.69) is 0 Å². The fourth-order valence-electron chi connectivity index (χ4n) is 2.20. The van der Waals surface area contributed by atoms with Crippen LogP contribution in [0.5, 0.6) is 5.75 Å². The molecule has 24 heavy (non-hydrogen) atoms. The van der Waals surface area contributed by atoms with Gasteiger partial charge in [-0.3, -0.25) is 4.79 Å². The van der Waals surface area contributed by atoms with Crippen LogP contribution < -0.4 is 10.5 Å². The summed E-state index contributed by atoms with van der Waals surface area (Å²) in [5.41, 5.74) is 7.05. The van der Waals surface area contributed by atoms with E-state index in [9.17, 15) is 4.79 Å². The van der Waals surface area contributed by atoms with Gasteiger partial charge in [0.05, 0.1) is 17.6 Å². The molecule has 0 heterocycles. The number of nitrogens with two attached hydrogens (primary N) is 1. The number of rotatable bonds is 7. The Labute approximate surface area is 154 Å². The highest BCUT2D eigenvalue weighted by molar-refractivity contribution is 6.32. The van der Waals surface area contributed by atoms with Crippen molar-refractivity contribution in [3.8, 4) is 5.75 Å². The minimum atomic E-state index is -0.553. The van der Waals surface area contributed by atoms with Crippen LogP contribution in [-0.2, 0) is 11.2 Å². The minimum absolute atomic E-state index is 0. The molecule has 130 valence electrons. The van der Waals surface area contributed by atoms with Crippen molar-refractivity contribution in [1.29, 1.82) is 0 Å². The largest absolute Gasteiger partial charge is 0.490 e. The Balaban J connectivity index is 0.00000288. The first kappa shape index (κ1) is 20.3. The number of likely N-dealkylation sites (N-methyl/N-ethyl adjacent to an activating group) is 1. The van der Waals surface area contributed by atoms with Crippen LogP contribution in [0.4, 0.5) is 0 Å². The third-order valence-electron chi connectivity index (χ3n) is 3.51. The van der Waals surface area contributed by atoms with E-state index in [1.807, 2.05) is 42.5 Å². The van der Waals surface area contributed by atoms with Gasteiger partial charge in [0.25, 0.3) is 0 Å². The van der Waals surface area contributed by atoms with Crippen molar-refractivity contribution in [2.45, 2.75) is 12.5 Å². The molecule has 1 atom stereocenters. The molecule has 2 aromatic rings. The molecule has 0 spiro atoms. The zero-order valence-corrected chi connectivity index (χ0v) is 15.1. The summed E-state index contributed by atoms with van der Waals surface area (Å²) in [7, 11) is 1.73. The topological polar surface area (TPSA) is 55.6 Å². The average Bonchev–Trinajstić information content (AvgIpc) is 2.56. The predicted molar refractivity (Wildman–Crippen MR) is 100.0 cm³/mol. The summed E-state index contributed by atoms with van der Waals surface area (Å²) < 4.78 is 5.59. The van der Waals surface area contributed by atoms with Crippen molar-refractivity contribution in [3.63, 3.8) is 0 Å². The highest BCUT2D eigenvalue weighted by Gasteiger charge is 2.18. The van der Waals surface area contributed by atoms with E-state index in [4.69, 9.17) is 22.1 Å². The molecule has 0 fully saturated rings. The number of carbonyl (C=O) groups is 1. The Morgan fingerprint density at radius 2 is 1.79 bits per heavy atom. The number of carbonyl (C=O) groups excluding carboxylic acids is 1. The molecule has 0 saturated heterocycles. The maximum absolute atomic E-state index is 12.3. The fraction of sp³-hybridized carbons (Fsp3) is 0.278. The fourth-order valence-corrected chi connectivity index (χ4v) is 2.39. The summed E-state index contributed by atoms with van der Waals surface area (Å²) in [6.45, 7) is 0.816. The van der Waals surface area contributed by atoms with Crippen molar-refractivity contribution in [3.05, 3.63) is 65.2 Å². The molecule has 0 aromatic heterocycles. The number of ether oxygens (including phenoxy) is 1. The Morgan fingerprint density at radius 3 is 2.46 bits per heavy atom. The lowest BCUT2D eigenvalue weighted by atomic mass is 10.1. The average molecular weight is 369 g/mol. The van der Waals surface area contributed by atoms with Gasteiger partial charge in [0.2, 0.25) is 5.91 Å². The summed E-state index contributed by atoms with van der Waals surface area (Å²) in [6.07, 6.45) is 0.523. The number of benzene rings is 2. The number of halogens is 2. The molecule has 0 aliphatic rings. The Hall–Kier alpha value is -1.75. The van der Waals surface area contributed by atoms with Crippen LogP contribution in [0, 0.1) is 0 Å². The van der Waals surface area contributed by atoms with Crippen molar-refractivity contribution in [2.24, 2.45) is 5.73 Å². The highest BCUT2D eigenvalue weighted by Crippen LogP contribution is 2.22. The number of nitrogens with zero attached hydrogens (tertiary/aromatic N) is 1. The lowest BCUT2D eigenvalue weighted by Crippen LogP contribution is -2.44. The molecule has 2 rings (SSSR count). The Morgan fingerprint density at radius 1 is 1.17 bits per heavy atom. The van der Waals surface area contributed by atoms with Crippen LogP contribution in [0.3, 0.4) is 0 Å². The van der Waals surface area contributed by atoms with Crippen molar-refractivity contribution in [2.75, 3.05) is 20.2 Å². The van der Waals surface area contributed by atoms with Crippen LogP contribution in [0.25, 0.3) is 0 Å². The van der Waals surface area contributed by atoms with E-state index >= 15 is 0 Å². The van der Waals surface area contributed by atoms with Gasteiger partial charge < -0.3 is 15.4 Å². The summed E-state index contributed by atoms with van der Waals surface area (Å²) in [5, 5.41) is 0.558. The molecule has 2 aromatic carbocycles. The van der Waals surface area contributed by atoms with E-state index in [0.29, 0.717) is 30.3 Å². The van der Waals surface area contributed by atoms with Gasteiger partial charge in [0.1, 0.15) is 12.4 Å². The molecule has 2 N–H and O–H groups in total. The quantitative estimate of drug-likeness (QED) is 0.816. The molecular formula is C18H22Cl2N2O2. The van der Waals surface area contributed by atoms with Gasteiger partial charge in [-0.2, -0.15) is 0 Å². The molecule has 0 radical (unpaired) electrons. The van der Waals surface area contributed by atoms with Crippen LogP contribution >= 0.6 is 24.0 Å². The lowest BCUT2D eigenvalue weighted by Gasteiger charge is -2.21. The zero-order chi connectivity index (χ0) is 16.7. The van der Waals surface area contributed by atoms with Gasteiger partial charge in [0.15, 0.2) is 0 Å². The molecule has 0 aliphatic heterocycles. The SMILES string of the molecule is CN(CCOc1ccccc1Cl)C(=O)[C@@H](N)Cc1ccccc1.Cl. The zero-order valence-electron chi connectivity index (χ0n) is 13.5. The third kappa shape index (κ3) is 6.04. The first-order valence-corrected chi connectivity index (χ1v) is 7.87. The maximum atomic E-state index is 12.3. The van der Waals surface area contributed by atoms with Crippen molar-refractivity contribution in [1.82, 2.24) is 4.90 Å². The highest BCUT2D eigenvalue weighted by atomic mass is 35.5. The normalized spacial score (nSPS) is 11.3. The first-order valence-electron chi connectivity index (χ1n) is 7.49. The van der Waals surface area contributed by atoms with Gasteiger partial charge in [-0.15, -0.1) is 12.4 Å². The third-order valence-corrected chi connectivity index (χ3v) is 3.83. The van der Waals surface area contributed by atoms with Gasteiger partial charge in [-0.05, 0) is 24.1 Å². The maximum Gasteiger partial charge on any atom is 0.239 e. The van der Waals surface area contributed by atoms with E-state index in [1.165, 1.54) is 0 Å². The van der Waals surface area contributed by atoms with Crippen molar-refractivity contribution >= 4 is 29.9 Å². The molecule has 6 heteroatoms. The molecule has 0 aliphatic carbocycles. The van der Waals surface area contributed by atoms with Crippen LogP contribution in [0.1, 0.15) is 5.56 Å². The minimum Gasteiger partial charge on any atom is -0.490 e. The number of para-hydroxylation sites is 1. The first-order chi connectivity index (χ1) is 11.1. The summed E-state index contributed by atoms with van der Waals surface area (Å²) in [6, 6.07) is 16.5. The second kappa shape index (κ2) is 10.2. The Bertz CT molecular complexity index is 638. The summed E-state index contributed by atoms with van der Waals surface area (Å²) in [5.74, 6) is 0.514. The standard InChI is InChI=1S/C18H21ClN2O2.ClH/c1-21(11-12-23-17-10-6-5-9-15(17)19)18(22)16(20)13-14-7-3-2-4-8-14;/h2-10,16H,11-13,20H2,1H3;1H/t16-;/m0./s1. The lowest BCUT2D eigenvalue weighted by molar-refractivity contribution is -0.131. The van der Waals surface area contributed by atoms with Crippen LogP contribution in [-0.4, -0.2) is 37.0 Å². The smallest absolute Gasteiger partial charge is 0.239 e. The van der Waals surface area contributed by atoms with Crippen LogP contribution in [0.2, 0.25) is 5.02 Å². The van der Waals surface area contributed by atoms with E-state index in [1.54, 1.807) is 24.1 Å². The van der Waals surface area contributed by atoms with Gasteiger partial charge in [0, 0.05) is 7.05 Å². The number of hydrogen-bond acceptors (Lipinski definition) is 3. The number of amides is 1. The number of hydrogen-bond donors (Lipinski definition) is 1. The predicted octanol–water partition coefficient (Wildman–Crippen LogP) is 3.17. The molecular weight excluding hydrogens is 347 g/mol. The van der Waals surface area contributed by atoms with E-state index in [-0.39, 0.29) is 18.3 Å². The van der Waals surface area contributed by atoms with Crippen LogP contribution in [0.15, 0.2) is 54.6 Å². The van der Waals surface area contributed by atoms with Gasteiger partial charge in [-0.25, -0.2) is 0 Å². The summed E-state index contributed by atoms with van der Waals surface area (Å²) in [4.78, 5) is 13.9. The monoisotopic (exact) mass is 368 g/mol. The van der Waals surface area contributed by atoms with Gasteiger partial charge in [-0.1, -0.05) is 54.1 Å². The van der Waals surface area contributed by atoms with E-state index < -0.39 is 6.04 Å². The van der Waals surface area contributed by atoms with E-state index in [0.717, 1.165) is 5.56 Å². The second-order valence-corrected chi connectivity index (χ2v) is 5.74. The molecule has 0 bridgehead atoms. The second-order valence-electron chi connectivity index (χ2n) is 5.33. The summed E-state index contributed by atoms with van der Waals surface area (Å²) >= 11 is 6.02. The molecule has 0 unspecified atom stereocenters. The Kier molecular flexibility index (Phi) is 8.61. The molecule has 0 saturated carbocycles. The molecule has 1 amide bonds.